The number of amides is 2. The van der Waals surface area contributed by atoms with Crippen LogP contribution in [-0.2, 0) is 4.79 Å². The first-order valence-electron chi connectivity index (χ1n) is 5.68. The summed E-state index contributed by atoms with van der Waals surface area (Å²) in [5.74, 6) is -1.03. The van der Waals surface area contributed by atoms with Gasteiger partial charge in [-0.15, -0.1) is 0 Å². The fourth-order valence-electron chi connectivity index (χ4n) is 0.896. The van der Waals surface area contributed by atoms with E-state index >= 15 is 0 Å². The predicted octanol–water partition coefficient (Wildman–Crippen LogP) is 1.93. The second-order valence-corrected chi connectivity index (χ2v) is 5.96. The molecule has 0 aromatic carbocycles. The third-order valence-electron chi connectivity index (χ3n) is 3.31. The van der Waals surface area contributed by atoms with Gasteiger partial charge in [0.05, 0.1) is 0 Å². The Kier molecular flexibility index (Phi) is 4.57. The topological polar surface area (TPSA) is 69.6 Å². The third kappa shape index (κ3) is 3.91. The number of carbonyl (C=O) groups excluding carboxylic acids is 1. The monoisotopic (exact) mass is 244 g/mol. The lowest BCUT2D eigenvalue weighted by atomic mass is 9.88. The molecule has 0 fully saturated rings. The Morgan fingerprint density at radius 3 is 1.88 bits per heavy atom. The van der Waals surface area contributed by atoms with Crippen molar-refractivity contribution in [3.63, 3.8) is 0 Å². The summed E-state index contributed by atoms with van der Waals surface area (Å²) in [6.45, 7) is 10.9. The van der Waals surface area contributed by atoms with Crippen LogP contribution in [0.1, 0.15) is 41.5 Å². The van der Waals surface area contributed by atoms with Crippen molar-refractivity contribution in [3.05, 3.63) is 0 Å². The van der Waals surface area contributed by atoms with E-state index in [2.05, 4.69) is 5.32 Å². The molecule has 0 spiro atoms. The number of nitrogens with zero attached hydrogens (tertiary/aromatic N) is 1. The molecule has 0 aliphatic rings. The molecule has 5 nitrogen and oxygen atoms in total. The average molecular weight is 244 g/mol. The number of carboxylic acids is 1. The van der Waals surface area contributed by atoms with Gasteiger partial charge in [-0.05, 0) is 26.2 Å². The summed E-state index contributed by atoms with van der Waals surface area (Å²) >= 11 is 0. The van der Waals surface area contributed by atoms with Gasteiger partial charge in [-0.1, -0.05) is 20.8 Å². The zero-order valence-electron chi connectivity index (χ0n) is 11.8. The van der Waals surface area contributed by atoms with Gasteiger partial charge in [0.2, 0.25) is 0 Å². The Bertz CT molecular complexity index is 305. The maximum Gasteiger partial charge on any atom is 0.329 e. The Hall–Kier alpha value is -1.26. The van der Waals surface area contributed by atoms with E-state index in [0.29, 0.717) is 0 Å². The van der Waals surface area contributed by atoms with Crippen LogP contribution in [0.3, 0.4) is 0 Å². The van der Waals surface area contributed by atoms with E-state index in [0.717, 1.165) is 0 Å². The largest absolute Gasteiger partial charge is 0.480 e. The number of rotatable bonds is 3. The van der Waals surface area contributed by atoms with Crippen molar-refractivity contribution in [3.8, 4) is 0 Å². The lowest BCUT2D eigenvalue weighted by Crippen LogP contribution is -2.56. The highest BCUT2D eigenvalue weighted by atomic mass is 16.4. The number of hydrogen-bond donors (Lipinski definition) is 2. The smallest absolute Gasteiger partial charge is 0.329 e. The molecule has 0 aromatic rings. The number of aliphatic carboxylic acids is 1. The molecule has 0 heterocycles. The summed E-state index contributed by atoms with van der Waals surface area (Å²) in [7, 11) is 1.48. The lowest BCUT2D eigenvalue weighted by molar-refractivity contribution is -0.146. The van der Waals surface area contributed by atoms with Gasteiger partial charge in [-0.3, -0.25) is 0 Å². The summed E-state index contributed by atoms with van der Waals surface area (Å²) in [6, 6.07) is -0.415. The third-order valence-corrected chi connectivity index (χ3v) is 3.31. The van der Waals surface area contributed by atoms with Gasteiger partial charge in [0.25, 0.3) is 0 Å². The number of likely N-dealkylation sites (N-methyl/N-ethyl adjacent to an activating group) is 1. The Labute approximate surface area is 103 Å². The second kappa shape index (κ2) is 4.94. The molecule has 17 heavy (non-hydrogen) atoms. The van der Waals surface area contributed by atoms with Crippen LogP contribution in [0.15, 0.2) is 0 Å². The fraction of sp³-hybridized carbons (Fsp3) is 0.833. The van der Waals surface area contributed by atoms with Crippen LogP contribution in [0.25, 0.3) is 0 Å². The maximum absolute atomic E-state index is 11.9. The Morgan fingerprint density at radius 1 is 1.18 bits per heavy atom. The molecule has 0 saturated heterocycles. The molecule has 0 bridgehead atoms. The standard InChI is InChI=1S/C12H24N2O3/c1-8(11(2,3)4)13-10(17)14(7)12(5,6)9(15)16/h8H,1-7H3,(H,13,17)(H,15,16). The van der Waals surface area contributed by atoms with Crippen LogP contribution >= 0.6 is 0 Å². The van der Waals surface area contributed by atoms with Crippen molar-refractivity contribution in [2.75, 3.05) is 7.05 Å². The first-order chi connectivity index (χ1) is 7.40. The fourth-order valence-corrected chi connectivity index (χ4v) is 0.896. The molecular weight excluding hydrogens is 220 g/mol. The van der Waals surface area contributed by atoms with E-state index in [-0.39, 0.29) is 17.5 Å². The van der Waals surface area contributed by atoms with E-state index in [1.807, 2.05) is 27.7 Å². The molecule has 100 valence electrons. The van der Waals surface area contributed by atoms with Gasteiger partial charge in [0.15, 0.2) is 0 Å². The minimum atomic E-state index is -1.22. The molecule has 0 radical (unpaired) electrons. The van der Waals surface area contributed by atoms with Gasteiger partial charge in [-0.25, -0.2) is 9.59 Å². The summed E-state index contributed by atoms with van der Waals surface area (Å²) in [6.07, 6.45) is 0. The summed E-state index contributed by atoms with van der Waals surface area (Å²) in [4.78, 5) is 24.1. The molecular formula is C12H24N2O3. The van der Waals surface area contributed by atoms with Crippen LogP contribution < -0.4 is 5.32 Å². The highest BCUT2D eigenvalue weighted by Gasteiger charge is 2.36. The average Bonchev–Trinajstić information content (AvgIpc) is 2.14. The van der Waals surface area contributed by atoms with Crippen LogP contribution in [0.2, 0.25) is 0 Å². The SMILES string of the molecule is CC(NC(=O)N(C)C(C)(C)C(=O)O)C(C)(C)C. The number of urea groups is 1. The number of nitrogens with one attached hydrogen (secondary N) is 1. The number of hydrogen-bond acceptors (Lipinski definition) is 2. The molecule has 0 saturated carbocycles. The van der Waals surface area contributed by atoms with Crippen molar-refractivity contribution >= 4 is 12.0 Å². The second-order valence-electron chi connectivity index (χ2n) is 5.96. The molecule has 0 aliphatic heterocycles. The van der Waals surface area contributed by atoms with Crippen LogP contribution in [0.5, 0.6) is 0 Å². The molecule has 5 heteroatoms. The summed E-state index contributed by atoms with van der Waals surface area (Å²) in [5.41, 5.74) is -1.29. The number of carboxylic acid groups (broad SMARTS) is 1. The molecule has 0 aliphatic carbocycles. The quantitative estimate of drug-likeness (QED) is 0.797. The predicted molar refractivity (Wildman–Crippen MR) is 66.9 cm³/mol. The van der Waals surface area contributed by atoms with E-state index in [1.54, 1.807) is 0 Å². The number of carbonyl (C=O) groups is 2. The van der Waals surface area contributed by atoms with E-state index < -0.39 is 11.5 Å². The van der Waals surface area contributed by atoms with Gasteiger partial charge < -0.3 is 15.3 Å². The molecule has 0 aromatic heterocycles. The lowest BCUT2D eigenvalue weighted by Gasteiger charge is -2.35. The normalized spacial score (nSPS) is 14.1. The van der Waals surface area contributed by atoms with Gasteiger partial charge in [-0.2, -0.15) is 0 Å². The minimum Gasteiger partial charge on any atom is -0.480 e. The maximum atomic E-state index is 11.9. The zero-order valence-corrected chi connectivity index (χ0v) is 11.8. The van der Waals surface area contributed by atoms with Crippen molar-refractivity contribution in [1.29, 1.82) is 0 Å². The van der Waals surface area contributed by atoms with Crippen molar-refractivity contribution in [2.24, 2.45) is 5.41 Å². The molecule has 0 rings (SSSR count). The molecule has 2 N–H and O–H groups in total. The zero-order chi connectivity index (χ0) is 14.0. The molecule has 2 amide bonds. The Morgan fingerprint density at radius 2 is 1.59 bits per heavy atom. The van der Waals surface area contributed by atoms with Crippen LogP contribution in [0.4, 0.5) is 4.79 Å². The highest BCUT2D eigenvalue weighted by Crippen LogP contribution is 2.19. The van der Waals surface area contributed by atoms with Crippen LogP contribution in [0, 0.1) is 5.41 Å². The van der Waals surface area contributed by atoms with E-state index in [4.69, 9.17) is 5.11 Å². The summed E-state index contributed by atoms with van der Waals surface area (Å²) in [5, 5.41) is 11.8. The van der Waals surface area contributed by atoms with Crippen molar-refractivity contribution in [1.82, 2.24) is 10.2 Å². The van der Waals surface area contributed by atoms with E-state index in [1.165, 1.54) is 25.8 Å². The van der Waals surface area contributed by atoms with Crippen LogP contribution in [-0.4, -0.2) is 40.6 Å². The van der Waals surface area contributed by atoms with Gasteiger partial charge in [0, 0.05) is 13.1 Å². The van der Waals surface area contributed by atoms with Crippen molar-refractivity contribution in [2.45, 2.75) is 53.1 Å². The molecule has 1 unspecified atom stereocenters. The first-order valence-corrected chi connectivity index (χ1v) is 5.68. The minimum absolute atomic E-state index is 0.0398. The van der Waals surface area contributed by atoms with Gasteiger partial charge in [0.1, 0.15) is 5.54 Å². The Balaban J connectivity index is 4.70. The van der Waals surface area contributed by atoms with E-state index in [9.17, 15) is 9.59 Å². The van der Waals surface area contributed by atoms with Gasteiger partial charge >= 0.3 is 12.0 Å². The molecule has 1 atom stereocenters. The summed E-state index contributed by atoms with van der Waals surface area (Å²) < 4.78 is 0. The first kappa shape index (κ1) is 15.7. The highest BCUT2D eigenvalue weighted by molar-refractivity contribution is 5.85. The van der Waals surface area contributed by atoms with Crippen molar-refractivity contribution < 1.29 is 14.7 Å².